The molecule has 4 nitrogen and oxygen atoms in total. The van der Waals surface area contributed by atoms with Crippen LogP contribution in [0.5, 0.6) is 0 Å². The third-order valence-electron chi connectivity index (χ3n) is 1.99. The molecular formula is C9H16N2O2. The highest BCUT2D eigenvalue weighted by Gasteiger charge is 2.13. The number of carbonyl (C=O) groups excluding carboxylic acids is 1. The van der Waals surface area contributed by atoms with Crippen molar-refractivity contribution in [2.45, 2.75) is 19.8 Å². The van der Waals surface area contributed by atoms with Crippen LogP contribution >= 0.6 is 0 Å². The fourth-order valence-electron chi connectivity index (χ4n) is 1.06. The zero-order valence-electron chi connectivity index (χ0n) is 8.17. The lowest BCUT2D eigenvalue weighted by Gasteiger charge is -2.18. The SMILES string of the molecule is CCN(C)NC(=O)C1=COCCC1. The van der Waals surface area contributed by atoms with Crippen LogP contribution in [0.15, 0.2) is 11.8 Å². The highest BCUT2D eigenvalue weighted by molar-refractivity contribution is 5.92. The minimum Gasteiger partial charge on any atom is -0.501 e. The average molecular weight is 184 g/mol. The molecule has 1 aliphatic rings. The maximum absolute atomic E-state index is 11.5. The molecule has 74 valence electrons. The summed E-state index contributed by atoms with van der Waals surface area (Å²) >= 11 is 0. The molecule has 0 aromatic carbocycles. The van der Waals surface area contributed by atoms with Gasteiger partial charge in [0.1, 0.15) is 0 Å². The van der Waals surface area contributed by atoms with E-state index in [4.69, 9.17) is 4.74 Å². The van der Waals surface area contributed by atoms with Gasteiger partial charge in [0.05, 0.1) is 18.4 Å². The number of rotatable bonds is 3. The Morgan fingerprint density at radius 2 is 2.54 bits per heavy atom. The molecular weight excluding hydrogens is 168 g/mol. The van der Waals surface area contributed by atoms with Crippen LogP contribution in [0.2, 0.25) is 0 Å². The molecule has 1 rings (SSSR count). The summed E-state index contributed by atoms with van der Waals surface area (Å²) in [4.78, 5) is 11.5. The molecule has 1 heterocycles. The predicted molar refractivity (Wildman–Crippen MR) is 49.7 cm³/mol. The Morgan fingerprint density at radius 1 is 1.77 bits per heavy atom. The molecule has 13 heavy (non-hydrogen) atoms. The van der Waals surface area contributed by atoms with Gasteiger partial charge in [0.15, 0.2) is 0 Å². The van der Waals surface area contributed by atoms with E-state index >= 15 is 0 Å². The normalized spacial score (nSPS) is 16.4. The summed E-state index contributed by atoms with van der Waals surface area (Å²) in [5.74, 6) is -0.0518. The van der Waals surface area contributed by atoms with Gasteiger partial charge in [-0.25, -0.2) is 5.01 Å². The highest BCUT2D eigenvalue weighted by Crippen LogP contribution is 2.11. The lowest BCUT2D eigenvalue weighted by atomic mass is 10.1. The van der Waals surface area contributed by atoms with Crippen molar-refractivity contribution < 1.29 is 9.53 Å². The molecule has 0 aliphatic carbocycles. The Morgan fingerprint density at radius 3 is 3.08 bits per heavy atom. The fourth-order valence-corrected chi connectivity index (χ4v) is 1.06. The fraction of sp³-hybridized carbons (Fsp3) is 0.667. The lowest BCUT2D eigenvalue weighted by Crippen LogP contribution is -2.40. The van der Waals surface area contributed by atoms with Crippen molar-refractivity contribution in [2.75, 3.05) is 20.2 Å². The first-order chi connectivity index (χ1) is 6.24. The van der Waals surface area contributed by atoms with Gasteiger partial charge in [-0.3, -0.25) is 10.2 Å². The van der Waals surface area contributed by atoms with Crippen molar-refractivity contribution in [1.82, 2.24) is 10.4 Å². The number of hydrazine groups is 1. The van der Waals surface area contributed by atoms with Crippen LogP contribution in [0.25, 0.3) is 0 Å². The second-order valence-electron chi connectivity index (χ2n) is 3.07. The first-order valence-electron chi connectivity index (χ1n) is 4.56. The molecule has 0 atom stereocenters. The maximum Gasteiger partial charge on any atom is 0.264 e. The van der Waals surface area contributed by atoms with Gasteiger partial charge in [0.25, 0.3) is 5.91 Å². The molecule has 0 aromatic heterocycles. The molecule has 0 aromatic rings. The number of carbonyl (C=O) groups is 1. The van der Waals surface area contributed by atoms with Gasteiger partial charge in [0.2, 0.25) is 0 Å². The third-order valence-corrected chi connectivity index (χ3v) is 1.99. The van der Waals surface area contributed by atoms with Crippen LogP contribution in [-0.2, 0) is 9.53 Å². The second-order valence-corrected chi connectivity index (χ2v) is 3.07. The second kappa shape index (κ2) is 4.87. The van der Waals surface area contributed by atoms with E-state index in [1.807, 2.05) is 14.0 Å². The van der Waals surface area contributed by atoms with Crippen molar-refractivity contribution in [3.63, 3.8) is 0 Å². The van der Waals surface area contributed by atoms with Crippen LogP contribution < -0.4 is 5.43 Å². The topological polar surface area (TPSA) is 41.6 Å². The number of hydrogen-bond acceptors (Lipinski definition) is 3. The molecule has 4 heteroatoms. The first kappa shape index (κ1) is 10.1. The Balaban J connectivity index is 2.42. The van der Waals surface area contributed by atoms with Gasteiger partial charge >= 0.3 is 0 Å². The zero-order valence-corrected chi connectivity index (χ0v) is 8.17. The van der Waals surface area contributed by atoms with Crippen molar-refractivity contribution >= 4 is 5.91 Å². The summed E-state index contributed by atoms with van der Waals surface area (Å²) in [5.41, 5.74) is 3.47. The number of nitrogens with zero attached hydrogens (tertiary/aromatic N) is 1. The van der Waals surface area contributed by atoms with E-state index in [-0.39, 0.29) is 5.91 Å². The van der Waals surface area contributed by atoms with E-state index in [2.05, 4.69) is 5.43 Å². The summed E-state index contributed by atoms with van der Waals surface area (Å²) in [6.45, 7) is 3.49. The van der Waals surface area contributed by atoms with Crippen molar-refractivity contribution in [3.05, 3.63) is 11.8 Å². The standard InChI is InChI=1S/C9H16N2O2/c1-3-11(2)10-9(12)8-5-4-6-13-7-8/h7H,3-6H2,1-2H3,(H,10,12). The van der Waals surface area contributed by atoms with E-state index in [0.29, 0.717) is 0 Å². The number of hydrogen-bond donors (Lipinski definition) is 1. The molecule has 1 aliphatic heterocycles. The molecule has 0 bridgehead atoms. The highest BCUT2D eigenvalue weighted by atomic mass is 16.5. The lowest BCUT2D eigenvalue weighted by molar-refractivity contribution is -0.122. The minimum atomic E-state index is -0.0518. The summed E-state index contributed by atoms with van der Waals surface area (Å²) < 4.78 is 5.08. The Labute approximate surface area is 78.5 Å². The van der Waals surface area contributed by atoms with E-state index in [1.165, 1.54) is 0 Å². The summed E-state index contributed by atoms with van der Waals surface area (Å²) in [5, 5.41) is 1.75. The first-order valence-corrected chi connectivity index (χ1v) is 4.56. The van der Waals surface area contributed by atoms with Crippen LogP contribution in [0.3, 0.4) is 0 Å². The van der Waals surface area contributed by atoms with Crippen molar-refractivity contribution in [2.24, 2.45) is 0 Å². The molecule has 0 unspecified atom stereocenters. The zero-order chi connectivity index (χ0) is 9.68. The largest absolute Gasteiger partial charge is 0.501 e. The average Bonchev–Trinajstić information content (AvgIpc) is 2.19. The summed E-state index contributed by atoms with van der Waals surface area (Å²) in [7, 11) is 1.84. The van der Waals surface area contributed by atoms with E-state index in [9.17, 15) is 4.79 Å². The quantitative estimate of drug-likeness (QED) is 0.655. The van der Waals surface area contributed by atoms with Gasteiger partial charge in [0, 0.05) is 13.6 Å². The van der Waals surface area contributed by atoms with E-state index in [0.717, 1.165) is 31.6 Å². The van der Waals surface area contributed by atoms with Crippen LogP contribution in [0, 0.1) is 0 Å². The Bertz CT molecular complexity index is 214. The van der Waals surface area contributed by atoms with Crippen LogP contribution in [-0.4, -0.2) is 31.1 Å². The smallest absolute Gasteiger partial charge is 0.264 e. The van der Waals surface area contributed by atoms with Crippen molar-refractivity contribution in [1.29, 1.82) is 0 Å². The summed E-state index contributed by atoms with van der Waals surface area (Å²) in [6, 6.07) is 0. The van der Waals surface area contributed by atoms with E-state index < -0.39 is 0 Å². The number of nitrogens with one attached hydrogen (secondary N) is 1. The van der Waals surface area contributed by atoms with Crippen LogP contribution in [0.4, 0.5) is 0 Å². The van der Waals surface area contributed by atoms with Gasteiger partial charge in [-0.1, -0.05) is 6.92 Å². The summed E-state index contributed by atoms with van der Waals surface area (Å²) in [6.07, 6.45) is 3.29. The van der Waals surface area contributed by atoms with Gasteiger partial charge in [-0.2, -0.15) is 0 Å². The number of amides is 1. The molecule has 1 N–H and O–H groups in total. The van der Waals surface area contributed by atoms with Gasteiger partial charge in [-0.15, -0.1) is 0 Å². The van der Waals surface area contributed by atoms with E-state index in [1.54, 1.807) is 11.3 Å². The van der Waals surface area contributed by atoms with Gasteiger partial charge < -0.3 is 4.74 Å². The third kappa shape index (κ3) is 3.06. The molecule has 0 saturated heterocycles. The van der Waals surface area contributed by atoms with Gasteiger partial charge in [-0.05, 0) is 12.8 Å². The predicted octanol–water partition coefficient (Wildman–Crippen LogP) is 0.664. The van der Waals surface area contributed by atoms with Crippen molar-refractivity contribution in [3.8, 4) is 0 Å². The molecule has 0 saturated carbocycles. The minimum absolute atomic E-state index is 0.0518. The van der Waals surface area contributed by atoms with Crippen LogP contribution in [0.1, 0.15) is 19.8 Å². The maximum atomic E-state index is 11.5. The monoisotopic (exact) mass is 184 g/mol. The number of ether oxygens (including phenoxy) is 1. The molecule has 0 radical (unpaired) electrons. The molecule has 1 amide bonds. The molecule has 0 fully saturated rings. The Hall–Kier alpha value is -1.03. The molecule has 0 spiro atoms. The Kier molecular flexibility index (Phi) is 3.76.